The van der Waals surface area contributed by atoms with E-state index in [9.17, 15) is 0 Å². The van der Waals surface area contributed by atoms with Crippen LogP contribution in [0.3, 0.4) is 0 Å². The van der Waals surface area contributed by atoms with Crippen molar-refractivity contribution in [2.24, 2.45) is 0 Å². The third kappa shape index (κ3) is 19.6. The Morgan fingerprint density at radius 1 is 0.400 bits per heavy atom. The van der Waals surface area contributed by atoms with Gasteiger partial charge in [-0.1, -0.05) is 0 Å². The van der Waals surface area contributed by atoms with Crippen molar-refractivity contribution in [3.05, 3.63) is 0 Å². The maximum absolute atomic E-state index is 0. The predicted molar refractivity (Wildman–Crippen MR) is 7.23 cm³/mol. The molecule has 0 aliphatic heterocycles. The van der Waals surface area contributed by atoms with E-state index in [1.807, 2.05) is 0 Å². The van der Waals surface area contributed by atoms with Gasteiger partial charge in [-0.15, -0.1) is 0 Å². The van der Waals surface area contributed by atoms with Crippen molar-refractivity contribution in [3.63, 3.8) is 0 Å². The smallest absolute Gasteiger partial charge is 0.412 e. The number of hydrogen-bond donors (Lipinski definition) is 0. The molecule has 0 aromatic carbocycles. The van der Waals surface area contributed by atoms with Crippen LogP contribution in [0.2, 0.25) is 0 Å². The fraction of sp³-hybridized carbons (Fsp3) is 0. The van der Waals surface area contributed by atoms with Crippen LogP contribution in [0.15, 0.2) is 0 Å². The minimum atomic E-state index is 0. The van der Waals surface area contributed by atoms with Gasteiger partial charge in [0.2, 0.25) is 0 Å². The van der Waals surface area contributed by atoms with E-state index in [4.69, 9.17) is 0 Å². The van der Waals surface area contributed by atoms with Crippen molar-refractivity contribution in [1.29, 1.82) is 0 Å². The zero-order valence-electron chi connectivity index (χ0n) is 4.00. The second kappa shape index (κ2) is 28.4. The molecule has 2 nitrogen and oxygen atoms in total. The second-order valence-corrected chi connectivity index (χ2v) is 0. The van der Waals surface area contributed by atoms with Crippen molar-refractivity contribution in [1.82, 2.24) is 0 Å². The van der Waals surface area contributed by atoms with E-state index in [-0.39, 0.29) is 99.6 Å². The predicted octanol–water partition coefficient (Wildman–Crippen LogP) is -10.6. The molecule has 4 N–H and O–H groups in total. The minimum absolute atomic E-state index is 0. The van der Waals surface area contributed by atoms with E-state index in [1.165, 1.54) is 0 Å². The molecule has 0 unspecified atom stereocenters. The Hall–Kier alpha value is 2.92. The summed E-state index contributed by atoms with van der Waals surface area (Å²) in [6.07, 6.45) is 0. The summed E-state index contributed by atoms with van der Waals surface area (Å²) in [6.45, 7) is 0. The molecule has 16 valence electrons. The standard InChI is InChI=1S/3Na.2H2O/h;;;2*1H2/q3*+1;;. The first kappa shape index (κ1) is 44.5. The van der Waals surface area contributed by atoms with Crippen LogP contribution in [0.1, 0.15) is 0 Å². The maximum atomic E-state index is 0. The van der Waals surface area contributed by atoms with Gasteiger partial charge in [0.1, 0.15) is 0 Å². The summed E-state index contributed by atoms with van der Waals surface area (Å²) in [5, 5.41) is 0. The van der Waals surface area contributed by atoms with Crippen LogP contribution in [0.25, 0.3) is 0 Å². The van der Waals surface area contributed by atoms with Crippen LogP contribution in [-0.4, -0.2) is 11.0 Å². The van der Waals surface area contributed by atoms with Crippen LogP contribution >= 0.6 is 0 Å². The number of hydrogen-bond acceptors (Lipinski definition) is 0. The molecule has 0 atom stereocenters. The summed E-state index contributed by atoms with van der Waals surface area (Å²) in [5.41, 5.74) is 0. The van der Waals surface area contributed by atoms with Crippen molar-refractivity contribution in [3.8, 4) is 0 Å². The van der Waals surface area contributed by atoms with Crippen LogP contribution in [0.4, 0.5) is 0 Å². The zero-order valence-corrected chi connectivity index (χ0v) is 10.0. The first-order valence-corrected chi connectivity index (χ1v) is 0. The average Bonchev–Trinajstić information content (AvgIpc) is 0. The fourth-order valence-corrected chi connectivity index (χ4v) is 0. The van der Waals surface area contributed by atoms with E-state index < -0.39 is 0 Å². The molecule has 5 heteroatoms. The van der Waals surface area contributed by atoms with Crippen LogP contribution < -0.4 is 88.7 Å². The molecule has 0 saturated carbocycles. The Labute approximate surface area is 97.6 Å². The number of rotatable bonds is 0. The van der Waals surface area contributed by atoms with Gasteiger partial charge in [-0.05, 0) is 0 Å². The monoisotopic (exact) mass is 105 g/mol. The Morgan fingerprint density at radius 3 is 0.400 bits per heavy atom. The topological polar surface area (TPSA) is 63.0 Å². The molecule has 0 bridgehead atoms. The average molecular weight is 105 g/mol. The molecule has 0 fully saturated rings. The molecule has 0 aromatic heterocycles. The van der Waals surface area contributed by atoms with Gasteiger partial charge in [-0.2, -0.15) is 0 Å². The quantitative estimate of drug-likeness (QED) is 0.275. The Balaban J connectivity index is 0. The van der Waals surface area contributed by atoms with Crippen LogP contribution in [0.5, 0.6) is 0 Å². The molecular weight excluding hydrogens is 101 g/mol. The first-order chi connectivity index (χ1) is 0. The van der Waals surface area contributed by atoms with E-state index >= 15 is 0 Å². The first-order valence-electron chi connectivity index (χ1n) is 0. The summed E-state index contributed by atoms with van der Waals surface area (Å²) in [4.78, 5) is 0. The molecule has 0 radical (unpaired) electrons. The van der Waals surface area contributed by atoms with Crippen molar-refractivity contribution >= 4 is 0 Å². The molecule has 0 aliphatic rings. The van der Waals surface area contributed by atoms with Gasteiger partial charge >= 0.3 is 88.7 Å². The molecule has 0 amide bonds. The second-order valence-electron chi connectivity index (χ2n) is 0. The normalized spacial score (nSPS) is 0. The third-order valence-corrected chi connectivity index (χ3v) is 0. The van der Waals surface area contributed by atoms with E-state index in [1.54, 1.807) is 0 Å². The Kier molecular flexibility index (Phi) is 253. The van der Waals surface area contributed by atoms with Crippen molar-refractivity contribution in [2.45, 2.75) is 0 Å². The van der Waals surface area contributed by atoms with Crippen LogP contribution in [-0.2, 0) is 0 Å². The molecule has 0 spiro atoms. The van der Waals surface area contributed by atoms with Crippen molar-refractivity contribution < 1.29 is 99.6 Å². The van der Waals surface area contributed by atoms with Crippen molar-refractivity contribution in [2.75, 3.05) is 0 Å². The van der Waals surface area contributed by atoms with Gasteiger partial charge < -0.3 is 11.0 Å². The SMILES string of the molecule is O.O.[Na+].[Na+].[Na+]. The molecule has 0 rings (SSSR count). The fourth-order valence-electron chi connectivity index (χ4n) is 0. The summed E-state index contributed by atoms with van der Waals surface area (Å²) in [6, 6.07) is 0. The van der Waals surface area contributed by atoms with Crippen LogP contribution in [0, 0.1) is 0 Å². The van der Waals surface area contributed by atoms with Gasteiger partial charge in [-0.3, -0.25) is 0 Å². The van der Waals surface area contributed by atoms with Gasteiger partial charge in [0.15, 0.2) is 0 Å². The molecule has 0 heterocycles. The van der Waals surface area contributed by atoms with E-state index in [0.717, 1.165) is 0 Å². The van der Waals surface area contributed by atoms with Gasteiger partial charge in [0.05, 0.1) is 0 Å². The van der Waals surface area contributed by atoms with E-state index in [2.05, 4.69) is 0 Å². The largest absolute Gasteiger partial charge is 1.00 e. The summed E-state index contributed by atoms with van der Waals surface area (Å²) in [7, 11) is 0. The Bertz CT molecular complexity index is 4.85. The maximum Gasteiger partial charge on any atom is 1.00 e. The zero-order chi connectivity index (χ0) is 0. The molecular formula is H4Na3O2+3. The van der Waals surface area contributed by atoms with Gasteiger partial charge in [0.25, 0.3) is 0 Å². The minimum Gasteiger partial charge on any atom is -0.412 e. The third-order valence-electron chi connectivity index (χ3n) is 0. The van der Waals surface area contributed by atoms with Gasteiger partial charge in [0, 0.05) is 0 Å². The van der Waals surface area contributed by atoms with Gasteiger partial charge in [-0.25, -0.2) is 0 Å². The summed E-state index contributed by atoms with van der Waals surface area (Å²) < 4.78 is 0. The molecule has 0 aliphatic carbocycles. The molecule has 0 saturated heterocycles. The molecule has 0 aromatic rings. The Morgan fingerprint density at radius 2 is 0.400 bits per heavy atom. The summed E-state index contributed by atoms with van der Waals surface area (Å²) in [5.74, 6) is 0. The van der Waals surface area contributed by atoms with E-state index in [0.29, 0.717) is 0 Å². The molecule has 5 heavy (non-hydrogen) atoms. The summed E-state index contributed by atoms with van der Waals surface area (Å²) >= 11 is 0.